The van der Waals surface area contributed by atoms with Crippen molar-refractivity contribution in [3.05, 3.63) is 11.7 Å². The van der Waals surface area contributed by atoms with E-state index in [-0.39, 0.29) is 6.61 Å². The fraction of sp³-hybridized carbons (Fsp3) is 0.765. The monoisotopic (exact) mass is 334 g/mol. The molecule has 4 nitrogen and oxygen atoms in total. The van der Waals surface area contributed by atoms with E-state index in [0.717, 1.165) is 19.3 Å². The van der Waals surface area contributed by atoms with Gasteiger partial charge in [-0.15, -0.1) is 0 Å². The number of unbranched alkanes of at least 4 members (excludes halogenated alkanes) is 7. The standard InChI is InChI=1S/C17H28F2O4/c1-4-5-6-7-8-9-10-11-12-22-16(20)14(18)15(19)17(21)23-13(2)3/h13H,4-12H2,1-3H3. The fourth-order valence-electron chi connectivity index (χ4n) is 1.91. The van der Waals surface area contributed by atoms with Crippen LogP contribution in [0.4, 0.5) is 8.78 Å². The quantitative estimate of drug-likeness (QED) is 0.293. The van der Waals surface area contributed by atoms with E-state index in [1.165, 1.54) is 39.5 Å². The Kier molecular flexibility index (Phi) is 12.2. The Hall–Kier alpha value is -1.46. The number of ether oxygens (including phenoxy) is 2. The molecule has 0 N–H and O–H groups in total. The van der Waals surface area contributed by atoms with Crippen molar-refractivity contribution in [2.75, 3.05) is 6.61 Å². The molecule has 0 aliphatic rings. The van der Waals surface area contributed by atoms with Crippen molar-refractivity contribution in [3.8, 4) is 0 Å². The number of rotatable bonds is 12. The maximum absolute atomic E-state index is 13.4. The molecule has 0 atom stereocenters. The Labute approximate surface area is 137 Å². The molecular formula is C17H28F2O4. The van der Waals surface area contributed by atoms with Gasteiger partial charge in [0.15, 0.2) is 0 Å². The van der Waals surface area contributed by atoms with Gasteiger partial charge in [-0.1, -0.05) is 51.9 Å². The summed E-state index contributed by atoms with van der Waals surface area (Å²) in [5.74, 6) is -6.65. The van der Waals surface area contributed by atoms with E-state index in [1.54, 1.807) is 0 Å². The van der Waals surface area contributed by atoms with Gasteiger partial charge in [0.05, 0.1) is 12.7 Å². The highest BCUT2D eigenvalue weighted by molar-refractivity contribution is 5.97. The highest BCUT2D eigenvalue weighted by atomic mass is 19.2. The average Bonchev–Trinajstić information content (AvgIpc) is 2.50. The molecule has 0 aliphatic heterocycles. The van der Waals surface area contributed by atoms with E-state index in [0.29, 0.717) is 6.42 Å². The van der Waals surface area contributed by atoms with Crippen LogP contribution in [0.3, 0.4) is 0 Å². The second-order valence-corrected chi connectivity index (χ2v) is 5.69. The third kappa shape index (κ3) is 10.8. The second-order valence-electron chi connectivity index (χ2n) is 5.69. The van der Waals surface area contributed by atoms with Crippen LogP contribution in [0.5, 0.6) is 0 Å². The van der Waals surface area contributed by atoms with Gasteiger partial charge in [-0.05, 0) is 20.3 Å². The van der Waals surface area contributed by atoms with Crippen LogP contribution < -0.4 is 0 Å². The van der Waals surface area contributed by atoms with Crippen LogP contribution in [-0.2, 0) is 19.1 Å². The van der Waals surface area contributed by atoms with Crippen LogP contribution in [0.15, 0.2) is 11.7 Å². The van der Waals surface area contributed by atoms with Crippen molar-refractivity contribution in [2.45, 2.75) is 78.2 Å². The van der Waals surface area contributed by atoms with E-state index in [1.807, 2.05) is 0 Å². The molecular weight excluding hydrogens is 306 g/mol. The van der Waals surface area contributed by atoms with Gasteiger partial charge in [0.25, 0.3) is 11.7 Å². The minimum absolute atomic E-state index is 0.00766. The minimum atomic E-state index is -1.85. The van der Waals surface area contributed by atoms with Crippen LogP contribution in [0.2, 0.25) is 0 Å². The van der Waals surface area contributed by atoms with Gasteiger partial charge in [-0.25, -0.2) is 9.59 Å². The van der Waals surface area contributed by atoms with E-state index in [9.17, 15) is 18.4 Å². The average molecular weight is 334 g/mol. The maximum Gasteiger partial charge on any atom is 0.370 e. The molecule has 134 valence electrons. The Bertz CT molecular complexity index is 392. The van der Waals surface area contributed by atoms with Crippen LogP contribution in [0.25, 0.3) is 0 Å². The highest BCUT2D eigenvalue weighted by Gasteiger charge is 2.24. The summed E-state index contributed by atoms with van der Waals surface area (Å²) in [6, 6.07) is 0. The van der Waals surface area contributed by atoms with Gasteiger partial charge in [0, 0.05) is 0 Å². The van der Waals surface area contributed by atoms with Crippen molar-refractivity contribution in [2.24, 2.45) is 0 Å². The molecule has 0 saturated heterocycles. The lowest BCUT2D eigenvalue weighted by molar-refractivity contribution is -0.147. The van der Waals surface area contributed by atoms with Crippen LogP contribution >= 0.6 is 0 Å². The second kappa shape index (κ2) is 13.0. The third-order valence-corrected chi connectivity index (χ3v) is 3.12. The summed E-state index contributed by atoms with van der Waals surface area (Å²) in [7, 11) is 0. The third-order valence-electron chi connectivity index (χ3n) is 3.12. The Morgan fingerprint density at radius 1 is 0.826 bits per heavy atom. The summed E-state index contributed by atoms with van der Waals surface area (Å²) in [4.78, 5) is 22.4. The molecule has 0 aliphatic carbocycles. The van der Waals surface area contributed by atoms with E-state index in [2.05, 4.69) is 16.4 Å². The summed E-state index contributed by atoms with van der Waals surface area (Å²) < 4.78 is 35.7. The zero-order chi connectivity index (χ0) is 17.7. The lowest BCUT2D eigenvalue weighted by atomic mass is 10.1. The van der Waals surface area contributed by atoms with Crippen molar-refractivity contribution >= 4 is 11.9 Å². The van der Waals surface area contributed by atoms with Crippen molar-refractivity contribution in [1.82, 2.24) is 0 Å². The smallest absolute Gasteiger partial charge is 0.370 e. The number of hydrogen-bond acceptors (Lipinski definition) is 4. The first-order valence-electron chi connectivity index (χ1n) is 8.33. The molecule has 0 aromatic carbocycles. The summed E-state index contributed by atoms with van der Waals surface area (Å²) in [5.41, 5.74) is 0. The van der Waals surface area contributed by atoms with Gasteiger partial charge >= 0.3 is 11.9 Å². The number of esters is 2. The van der Waals surface area contributed by atoms with Gasteiger partial charge in [-0.2, -0.15) is 8.78 Å². The molecule has 0 spiro atoms. The summed E-state index contributed by atoms with van der Waals surface area (Å²) in [6.07, 6.45) is 7.86. The summed E-state index contributed by atoms with van der Waals surface area (Å²) >= 11 is 0. The molecule has 0 aromatic heterocycles. The Balaban J connectivity index is 3.90. The van der Waals surface area contributed by atoms with Crippen LogP contribution in [0.1, 0.15) is 72.1 Å². The maximum atomic E-state index is 13.4. The normalized spacial score (nSPS) is 12.1. The van der Waals surface area contributed by atoms with Gasteiger partial charge < -0.3 is 9.47 Å². The number of halogens is 2. The van der Waals surface area contributed by atoms with E-state index in [4.69, 9.17) is 0 Å². The molecule has 23 heavy (non-hydrogen) atoms. The number of carbonyl (C=O) groups excluding carboxylic acids is 2. The molecule has 0 unspecified atom stereocenters. The minimum Gasteiger partial charge on any atom is -0.460 e. The molecule has 0 amide bonds. The Morgan fingerprint density at radius 2 is 1.30 bits per heavy atom. The number of hydrogen-bond donors (Lipinski definition) is 0. The highest BCUT2D eigenvalue weighted by Crippen LogP contribution is 2.14. The van der Waals surface area contributed by atoms with Crippen LogP contribution in [-0.4, -0.2) is 24.6 Å². The molecule has 0 saturated carbocycles. The van der Waals surface area contributed by atoms with E-state index >= 15 is 0 Å². The van der Waals surface area contributed by atoms with Gasteiger partial charge in [0.2, 0.25) is 0 Å². The van der Waals surface area contributed by atoms with Crippen molar-refractivity contribution < 1.29 is 27.8 Å². The molecule has 0 heterocycles. The lowest BCUT2D eigenvalue weighted by Crippen LogP contribution is -2.16. The summed E-state index contributed by atoms with van der Waals surface area (Å²) in [5, 5.41) is 0. The van der Waals surface area contributed by atoms with E-state index < -0.39 is 29.7 Å². The molecule has 6 heteroatoms. The van der Waals surface area contributed by atoms with Gasteiger partial charge in [-0.3, -0.25) is 0 Å². The SMILES string of the molecule is CCCCCCCCCCOC(=O)C(F)=C(F)C(=O)OC(C)C. The predicted octanol–water partition coefficient (Wildman–Crippen LogP) is 4.77. The van der Waals surface area contributed by atoms with Crippen molar-refractivity contribution in [3.63, 3.8) is 0 Å². The molecule has 0 aromatic rings. The molecule has 0 rings (SSSR count). The molecule has 0 fully saturated rings. The molecule has 0 bridgehead atoms. The van der Waals surface area contributed by atoms with Gasteiger partial charge in [0.1, 0.15) is 0 Å². The molecule has 0 radical (unpaired) electrons. The zero-order valence-electron chi connectivity index (χ0n) is 14.3. The topological polar surface area (TPSA) is 52.6 Å². The summed E-state index contributed by atoms with van der Waals surface area (Å²) in [6.45, 7) is 5.15. The van der Waals surface area contributed by atoms with Crippen LogP contribution in [0, 0.1) is 0 Å². The zero-order valence-corrected chi connectivity index (χ0v) is 14.3. The largest absolute Gasteiger partial charge is 0.460 e. The first-order valence-corrected chi connectivity index (χ1v) is 8.33. The predicted molar refractivity (Wildman–Crippen MR) is 84.0 cm³/mol. The fourth-order valence-corrected chi connectivity index (χ4v) is 1.91. The first kappa shape index (κ1) is 21.5. The van der Waals surface area contributed by atoms with Crippen molar-refractivity contribution in [1.29, 1.82) is 0 Å². The lowest BCUT2D eigenvalue weighted by Gasteiger charge is -2.07. The first-order chi connectivity index (χ1) is 10.9. The Morgan fingerprint density at radius 3 is 1.83 bits per heavy atom. The number of carbonyl (C=O) groups is 2.